The van der Waals surface area contributed by atoms with Crippen LogP contribution in [0, 0.1) is 6.92 Å². The molecule has 3 nitrogen and oxygen atoms in total. The topological polar surface area (TPSA) is 49.3 Å². The monoisotopic (exact) mass is 311 g/mol. The third-order valence-corrected chi connectivity index (χ3v) is 4.53. The maximum absolute atomic E-state index is 12.2. The molecule has 0 aromatic heterocycles. The number of amides is 1. The molecule has 1 amide bonds. The SMILES string of the molecule is Cc1cccc(C(=O)NC2CCCCC2O)c1Br. The zero-order valence-corrected chi connectivity index (χ0v) is 12.0. The van der Waals surface area contributed by atoms with Crippen LogP contribution in [-0.4, -0.2) is 23.2 Å². The predicted molar refractivity (Wildman–Crippen MR) is 74.6 cm³/mol. The van der Waals surface area contributed by atoms with Crippen molar-refractivity contribution in [2.45, 2.75) is 44.8 Å². The average molecular weight is 312 g/mol. The van der Waals surface area contributed by atoms with Crippen molar-refractivity contribution in [3.05, 3.63) is 33.8 Å². The van der Waals surface area contributed by atoms with Crippen LogP contribution >= 0.6 is 15.9 Å². The minimum Gasteiger partial charge on any atom is -0.391 e. The third kappa shape index (κ3) is 2.93. The van der Waals surface area contributed by atoms with Gasteiger partial charge in [-0.05, 0) is 47.3 Å². The summed E-state index contributed by atoms with van der Waals surface area (Å²) in [4.78, 5) is 12.2. The van der Waals surface area contributed by atoms with Crippen molar-refractivity contribution >= 4 is 21.8 Å². The standard InChI is InChI=1S/C14H18BrNO2/c1-9-5-4-6-10(13(9)15)14(18)16-11-7-2-3-8-12(11)17/h4-6,11-12,17H,2-3,7-8H2,1H3,(H,16,18). The number of hydrogen-bond donors (Lipinski definition) is 2. The van der Waals surface area contributed by atoms with Gasteiger partial charge in [-0.15, -0.1) is 0 Å². The maximum Gasteiger partial charge on any atom is 0.252 e. The van der Waals surface area contributed by atoms with Crippen LogP contribution in [0.3, 0.4) is 0 Å². The highest BCUT2D eigenvalue weighted by atomic mass is 79.9. The van der Waals surface area contributed by atoms with E-state index in [1.807, 2.05) is 19.1 Å². The fourth-order valence-electron chi connectivity index (χ4n) is 2.35. The van der Waals surface area contributed by atoms with Crippen LogP contribution in [0.4, 0.5) is 0 Å². The number of carbonyl (C=O) groups excluding carboxylic acids is 1. The highest BCUT2D eigenvalue weighted by Crippen LogP contribution is 2.23. The number of aliphatic hydroxyl groups is 1. The molecule has 1 aliphatic rings. The molecule has 98 valence electrons. The molecule has 2 atom stereocenters. The summed E-state index contributed by atoms with van der Waals surface area (Å²) in [5.74, 6) is -0.114. The summed E-state index contributed by atoms with van der Waals surface area (Å²) < 4.78 is 0.827. The molecular weight excluding hydrogens is 294 g/mol. The van der Waals surface area contributed by atoms with Crippen molar-refractivity contribution in [2.24, 2.45) is 0 Å². The van der Waals surface area contributed by atoms with Crippen molar-refractivity contribution < 1.29 is 9.90 Å². The first-order chi connectivity index (χ1) is 8.59. The van der Waals surface area contributed by atoms with E-state index in [9.17, 15) is 9.90 Å². The van der Waals surface area contributed by atoms with Crippen LogP contribution in [0.2, 0.25) is 0 Å². The summed E-state index contributed by atoms with van der Waals surface area (Å²) >= 11 is 3.44. The number of aliphatic hydroxyl groups excluding tert-OH is 1. The summed E-state index contributed by atoms with van der Waals surface area (Å²) in [5, 5.41) is 12.8. The molecule has 0 spiro atoms. The summed E-state index contributed by atoms with van der Waals surface area (Å²) in [6, 6.07) is 5.50. The quantitative estimate of drug-likeness (QED) is 0.882. The number of carbonyl (C=O) groups is 1. The van der Waals surface area contributed by atoms with Crippen molar-refractivity contribution in [2.75, 3.05) is 0 Å². The largest absolute Gasteiger partial charge is 0.391 e. The van der Waals surface area contributed by atoms with Gasteiger partial charge in [0.15, 0.2) is 0 Å². The van der Waals surface area contributed by atoms with E-state index in [1.54, 1.807) is 6.07 Å². The number of nitrogens with one attached hydrogen (secondary N) is 1. The van der Waals surface area contributed by atoms with E-state index in [0.29, 0.717) is 5.56 Å². The van der Waals surface area contributed by atoms with Gasteiger partial charge in [0, 0.05) is 4.47 Å². The number of rotatable bonds is 2. The summed E-state index contributed by atoms with van der Waals surface area (Å²) in [5.41, 5.74) is 1.67. The Hall–Kier alpha value is -0.870. The van der Waals surface area contributed by atoms with Crippen LogP contribution in [0.15, 0.2) is 22.7 Å². The lowest BCUT2D eigenvalue weighted by Crippen LogP contribution is -2.45. The van der Waals surface area contributed by atoms with Crippen molar-refractivity contribution in [3.63, 3.8) is 0 Å². The fraction of sp³-hybridized carbons (Fsp3) is 0.500. The van der Waals surface area contributed by atoms with Crippen LogP contribution in [0.5, 0.6) is 0 Å². The molecule has 0 saturated heterocycles. The fourth-order valence-corrected chi connectivity index (χ4v) is 2.79. The molecule has 2 N–H and O–H groups in total. The van der Waals surface area contributed by atoms with Gasteiger partial charge in [0.25, 0.3) is 5.91 Å². The van der Waals surface area contributed by atoms with Gasteiger partial charge in [-0.2, -0.15) is 0 Å². The lowest BCUT2D eigenvalue weighted by molar-refractivity contribution is 0.0716. The molecule has 1 fully saturated rings. The molecule has 2 rings (SSSR count). The van der Waals surface area contributed by atoms with Gasteiger partial charge in [-0.3, -0.25) is 4.79 Å². The van der Waals surface area contributed by atoms with Crippen LogP contribution in [0.25, 0.3) is 0 Å². The minimum absolute atomic E-state index is 0.112. The summed E-state index contributed by atoms with van der Waals surface area (Å²) in [6.45, 7) is 1.95. The molecule has 2 unspecified atom stereocenters. The second-order valence-corrected chi connectivity index (χ2v) is 5.66. The predicted octanol–water partition coefficient (Wildman–Crippen LogP) is 2.79. The smallest absolute Gasteiger partial charge is 0.252 e. The van der Waals surface area contributed by atoms with Crippen molar-refractivity contribution in [1.82, 2.24) is 5.32 Å². The first kappa shape index (κ1) is 13.6. The molecule has 0 bridgehead atoms. The highest BCUT2D eigenvalue weighted by molar-refractivity contribution is 9.10. The molecule has 1 aromatic carbocycles. The van der Waals surface area contributed by atoms with Crippen LogP contribution in [-0.2, 0) is 0 Å². The number of aryl methyl sites for hydroxylation is 1. The van der Waals surface area contributed by atoms with Crippen molar-refractivity contribution in [1.29, 1.82) is 0 Å². The Labute approximate surface area is 116 Å². The van der Waals surface area contributed by atoms with E-state index >= 15 is 0 Å². The average Bonchev–Trinajstić information content (AvgIpc) is 2.35. The minimum atomic E-state index is -0.411. The van der Waals surface area contributed by atoms with Gasteiger partial charge < -0.3 is 10.4 Å². The molecule has 0 radical (unpaired) electrons. The molecule has 0 aliphatic heterocycles. The zero-order chi connectivity index (χ0) is 13.1. The van der Waals surface area contributed by atoms with E-state index < -0.39 is 6.10 Å². The third-order valence-electron chi connectivity index (χ3n) is 3.48. The van der Waals surface area contributed by atoms with Crippen LogP contribution in [0.1, 0.15) is 41.6 Å². The maximum atomic E-state index is 12.2. The van der Waals surface area contributed by atoms with E-state index in [0.717, 1.165) is 35.7 Å². The Balaban J connectivity index is 2.09. The Kier molecular flexibility index (Phi) is 4.40. The Morgan fingerprint density at radius 1 is 1.39 bits per heavy atom. The lowest BCUT2D eigenvalue weighted by atomic mass is 9.92. The number of hydrogen-bond acceptors (Lipinski definition) is 2. The second kappa shape index (κ2) is 5.85. The van der Waals surface area contributed by atoms with Crippen LogP contribution < -0.4 is 5.32 Å². The number of halogens is 1. The van der Waals surface area contributed by atoms with E-state index in [2.05, 4.69) is 21.2 Å². The van der Waals surface area contributed by atoms with Gasteiger partial charge >= 0.3 is 0 Å². The molecule has 1 saturated carbocycles. The first-order valence-electron chi connectivity index (χ1n) is 6.33. The van der Waals surface area contributed by atoms with E-state index in [1.165, 1.54) is 0 Å². The van der Waals surface area contributed by atoms with Gasteiger partial charge in [0.05, 0.1) is 17.7 Å². The Bertz CT molecular complexity index is 447. The van der Waals surface area contributed by atoms with Gasteiger partial charge in [0.1, 0.15) is 0 Å². The molecule has 4 heteroatoms. The normalized spacial score (nSPS) is 23.7. The van der Waals surface area contributed by atoms with E-state index in [4.69, 9.17) is 0 Å². The number of benzene rings is 1. The summed E-state index contributed by atoms with van der Waals surface area (Å²) in [6.07, 6.45) is 3.33. The Morgan fingerprint density at radius 2 is 2.11 bits per heavy atom. The molecular formula is C14H18BrNO2. The van der Waals surface area contributed by atoms with Gasteiger partial charge in [-0.1, -0.05) is 25.0 Å². The van der Waals surface area contributed by atoms with Gasteiger partial charge in [0.2, 0.25) is 0 Å². The Morgan fingerprint density at radius 3 is 2.83 bits per heavy atom. The van der Waals surface area contributed by atoms with Gasteiger partial charge in [-0.25, -0.2) is 0 Å². The molecule has 1 aromatic rings. The first-order valence-corrected chi connectivity index (χ1v) is 7.13. The molecule has 0 heterocycles. The molecule has 1 aliphatic carbocycles. The molecule has 18 heavy (non-hydrogen) atoms. The zero-order valence-electron chi connectivity index (χ0n) is 10.4. The lowest BCUT2D eigenvalue weighted by Gasteiger charge is -2.28. The van der Waals surface area contributed by atoms with Crippen molar-refractivity contribution in [3.8, 4) is 0 Å². The summed E-state index contributed by atoms with van der Waals surface area (Å²) in [7, 11) is 0. The highest BCUT2D eigenvalue weighted by Gasteiger charge is 2.25. The van der Waals surface area contributed by atoms with E-state index in [-0.39, 0.29) is 11.9 Å². The second-order valence-electron chi connectivity index (χ2n) is 4.87.